The van der Waals surface area contributed by atoms with E-state index >= 15 is 0 Å². The van der Waals surface area contributed by atoms with Gasteiger partial charge in [-0.05, 0) is 99.6 Å². The van der Waals surface area contributed by atoms with Crippen LogP contribution < -0.4 is 4.74 Å². The largest absolute Gasteiger partial charge is 0.507 e. The van der Waals surface area contributed by atoms with Gasteiger partial charge in [0, 0.05) is 11.1 Å². The van der Waals surface area contributed by atoms with E-state index in [2.05, 4.69) is 32.0 Å². The summed E-state index contributed by atoms with van der Waals surface area (Å²) in [4.78, 5) is 0. The molecule has 1 N–H and O–H groups in total. The molecule has 2 nitrogen and oxygen atoms in total. The van der Waals surface area contributed by atoms with Crippen LogP contribution in [0.5, 0.6) is 11.5 Å². The normalized spacial score (nSPS) is 16.4. The van der Waals surface area contributed by atoms with E-state index in [1.165, 1.54) is 53.5 Å². The van der Waals surface area contributed by atoms with Crippen molar-refractivity contribution >= 4 is 0 Å². The van der Waals surface area contributed by atoms with Crippen LogP contribution in [0.1, 0.15) is 61.8 Å². The molecule has 2 aliphatic rings. The van der Waals surface area contributed by atoms with Gasteiger partial charge < -0.3 is 9.84 Å². The van der Waals surface area contributed by atoms with Gasteiger partial charge in [0.1, 0.15) is 11.5 Å². The number of phenolic OH excluding ortho intramolecular Hbond substituents is 1. The molecule has 0 fully saturated rings. The fourth-order valence-electron chi connectivity index (χ4n) is 4.53. The van der Waals surface area contributed by atoms with Crippen molar-refractivity contribution in [1.82, 2.24) is 0 Å². The molecule has 2 heteroatoms. The second-order valence-electron chi connectivity index (χ2n) is 7.75. The Morgan fingerprint density at radius 2 is 1.32 bits per heavy atom. The summed E-state index contributed by atoms with van der Waals surface area (Å²) < 4.78 is 6.20. The van der Waals surface area contributed by atoms with Crippen molar-refractivity contribution in [2.45, 2.75) is 71.3 Å². The summed E-state index contributed by atoms with van der Waals surface area (Å²) in [7, 11) is 0. The molecule has 0 bridgehead atoms. The number of hydrogen-bond donors (Lipinski definition) is 1. The Hall–Kier alpha value is -1.96. The summed E-state index contributed by atoms with van der Waals surface area (Å²) in [6.45, 7) is 4.15. The Kier molecular flexibility index (Phi) is 4.45. The van der Waals surface area contributed by atoms with E-state index in [1.54, 1.807) is 0 Å². The van der Waals surface area contributed by atoms with Crippen molar-refractivity contribution in [3.63, 3.8) is 0 Å². The van der Waals surface area contributed by atoms with Crippen molar-refractivity contribution < 1.29 is 9.84 Å². The van der Waals surface area contributed by atoms with E-state index < -0.39 is 0 Å². The monoisotopic (exact) mass is 336 g/mol. The molecule has 0 saturated heterocycles. The number of phenols is 1. The fraction of sp³-hybridized carbons (Fsp3) is 0.478. The smallest absolute Gasteiger partial charge is 0.127 e. The van der Waals surface area contributed by atoms with Crippen LogP contribution in [0.15, 0.2) is 24.3 Å². The van der Waals surface area contributed by atoms with E-state index in [0.29, 0.717) is 5.75 Å². The van der Waals surface area contributed by atoms with Gasteiger partial charge in [-0.1, -0.05) is 12.1 Å². The summed E-state index contributed by atoms with van der Waals surface area (Å²) in [5, 5.41) is 10.8. The average molecular weight is 336 g/mol. The number of fused-ring (bicyclic) bond motifs is 2. The van der Waals surface area contributed by atoms with Gasteiger partial charge in [-0.25, -0.2) is 0 Å². The van der Waals surface area contributed by atoms with Gasteiger partial charge in [-0.15, -0.1) is 0 Å². The molecule has 0 amide bonds. The minimum atomic E-state index is 0.127. The van der Waals surface area contributed by atoms with E-state index in [9.17, 15) is 5.11 Å². The maximum atomic E-state index is 10.8. The molecule has 0 aromatic heterocycles. The fourth-order valence-corrected chi connectivity index (χ4v) is 4.53. The van der Waals surface area contributed by atoms with Crippen LogP contribution in [0.25, 0.3) is 11.1 Å². The summed E-state index contributed by atoms with van der Waals surface area (Å²) in [5.74, 6) is 1.35. The van der Waals surface area contributed by atoms with Gasteiger partial charge in [0.15, 0.2) is 0 Å². The third-order valence-corrected chi connectivity index (χ3v) is 5.62. The van der Waals surface area contributed by atoms with Crippen LogP contribution in [0.4, 0.5) is 0 Å². The first-order valence-corrected chi connectivity index (χ1v) is 9.80. The van der Waals surface area contributed by atoms with E-state index in [-0.39, 0.29) is 6.10 Å². The number of aromatic hydroxyl groups is 1. The topological polar surface area (TPSA) is 29.5 Å². The van der Waals surface area contributed by atoms with Crippen molar-refractivity contribution in [3.05, 3.63) is 46.5 Å². The number of aryl methyl sites for hydroxylation is 2. The third kappa shape index (κ3) is 3.03. The highest BCUT2D eigenvalue weighted by Gasteiger charge is 2.25. The van der Waals surface area contributed by atoms with Gasteiger partial charge in [0.25, 0.3) is 0 Å². The number of benzene rings is 2. The zero-order chi connectivity index (χ0) is 17.4. The molecule has 2 aromatic carbocycles. The zero-order valence-corrected chi connectivity index (χ0v) is 15.4. The van der Waals surface area contributed by atoms with Crippen molar-refractivity contribution in [1.29, 1.82) is 0 Å². The minimum Gasteiger partial charge on any atom is -0.507 e. The Balaban J connectivity index is 1.98. The molecule has 0 heterocycles. The van der Waals surface area contributed by atoms with Gasteiger partial charge in [0.05, 0.1) is 6.10 Å². The molecule has 132 valence electrons. The second-order valence-corrected chi connectivity index (χ2v) is 7.75. The lowest BCUT2D eigenvalue weighted by atomic mass is 9.80. The first-order valence-electron chi connectivity index (χ1n) is 9.80. The molecule has 0 spiro atoms. The standard InChI is InChI=1S/C23H28O2/c1-15(2)25-21-14-12-17-8-4-6-10-19(17)23(21)22-18-9-5-3-7-16(18)11-13-20(22)24/h11-15,24H,3-10H2,1-2H3. The molecule has 0 aliphatic heterocycles. The Morgan fingerprint density at radius 3 is 1.96 bits per heavy atom. The molecular formula is C23H28O2. The predicted molar refractivity (Wildman–Crippen MR) is 103 cm³/mol. The summed E-state index contributed by atoms with van der Waals surface area (Å²) >= 11 is 0. The Morgan fingerprint density at radius 1 is 0.760 bits per heavy atom. The van der Waals surface area contributed by atoms with Crippen molar-refractivity contribution in [2.75, 3.05) is 0 Å². The molecule has 0 saturated carbocycles. The van der Waals surface area contributed by atoms with Crippen molar-refractivity contribution in [2.24, 2.45) is 0 Å². The average Bonchev–Trinajstić information content (AvgIpc) is 2.62. The van der Waals surface area contributed by atoms with Gasteiger partial charge in [-0.3, -0.25) is 0 Å². The lowest BCUT2D eigenvalue weighted by Gasteiger charge is -2.27. The lowest BCUT2D eigenvalue weighted by Crippen LogP contribution is -2.12. The third-order valence-electron chi connectivity index (χ3n) is 5.62. The predicted octanol–water partition coefficient (Wildman–Crippen LogP) is 5.60. The zero-order valence-electron chi connectivity index (χ0n) is 15.4. The lowest BCUT2D eigenvalue weighted by molar-refractivity contribution is 0.243. The maximum absolute atomic E-state index is 10.8. The van der Waals surface area contributed by atoms with Crippen LogP contribution in [-0.4, -0.2) is 11.2 Å². The molecule has 4 rings (SSSR count). The number of rotatable bonds is 3. The molecule has 2 aliphatic carbocycles. The van der Waals surface area contributed by atoms with E-state index in [4.69, 9.17) is 4.74 Å². The van der Waals surface area contributed by atoms with Crippen LogP contribution in [0.3, 0.4) is 0 Å². The second kappa shape index (κ2) is 6.74. The first-order chi connectivity index (χ1) is 12.1. The maximum Gasteiger partial charge on any atom is 0.127 e. The summed E-state index contributed by atoms with van der Waals surface area (Å²) in [6, 6.07) is 8.37. The SMILES string of the molecule is CC(C)Oc1ccc2c(c1-c1c(O)ccc3c1CCCC3)CCCC2. The highest BCUT2D eigenvalue weighted by Crippen LogP contribution is 2.46. The van der Waals surface area contributed by atoms with Gasteiger partial charge in [-0.2, -0.15) is 0 Å². The van der Waals surface area contributed by atoms with E-state index in [0.717, 1.165) is 37.0 Å². The van der Waals surface area contributed by atoms with E-state index in [1.807, 2.05) is 6.07 Å². The Bertz CT molecular complexity index is 789. The van der Waals surface area contributed by atoms with Crippen LogP contribution >= 0.6 is 0 Å². The number of hydrogen-bond acceptors (Lipinski definition) is 2. The minimum absolute atomic E-state index is 0.127. The number of ether oxygens (including phenoxy) is 1. The molecular weight excluding hydrogens is 308 g/mol. The molecule has 25 heavy (non-hydrogen) atoms. The Labute approximate surface area is 150 Å². The molecule has 2 aromatic rings. The summed E-state index contributed by atoms with van der Waals surface area (Å²) in [6.07, 6.45) is 9.47. The van der Waals surface area contributed by atoms with Crippen molar-refractivity contribution in [3.8, 4) is 22.6 Å². The quantitative estimate of drug-likeness (QED) is 0.790. The van der Waals surface area contributed by atoms with Gasteiger partial charge in [0.2, 0.25) is 0 Å². The highest BCUT2D eigenvalue weighted by atomic mass is 16.5. The van der Waals surface area contributed by atoms with Gasteiger partial charge >= 0.3 is 0 Å². The molecule has 0 atom stereocenters. The summed E-state index contributed by atoms with van der Waals surface area (Å²) in [5.41, 5.74) is 7.80. The first kappa shape index (κ1) is 16.5. The van der Waals surface area contributed by atoms with Crippen LogP contribution in [-0.2, 0) is 25.7 Å². The molecule has 0 unspecified atom stereocenters. The highest BCUT2D eigenvalue weighted by molar-refractivity contribution is 5.83. The van der Waals surface area contributed by atoms with Crippen LogP contribution in [0.2, 0.25) is 0 Å². The van der Waals surface area contributed by atoms with Crippen LogP contribution in [0, 0.1) is 0 Å². The molecule has 0 radical (unpaired) electrons.